The van der Waals surface area contributed by atoms with Gasteiger partial charge in [0.05, 0.1) is 0 Å². The summed E-state index contributed by atoms with van der Waals surface area (Å²) in [7, 11) is 0. The molecule has 0 fully saturated rings. The molecule has 0 radical (unpaired) electrons. The van der Waals surface area contributed by atoms with Gasteiger partial charge in [-0.1, -0.05) is 0 Å². The van der Waals surface area contributed by atoms with Crippen LogP contribution in [0.2, 0.25) is 0 Å². The maximum atomic E-state index is 10.6. The summed E-state index contributed by atoms with van der Waals surface area (Å²) in [5.41, 5.74) is 5.02. The molecule has 0 aromatic carbocycles. The fourth-order valence-corrected chi connectivity index (χ4v) is 0.635. The maximum Gasteiger partial charge on any atom is 0.344 e. The fourth-order valence-electron chi connectivity index (χ4n) is 0.635. The van der Waals surface area contributed by atoms with Crippen LogP contribution in [0.4, 0.5) is 5.95 Å². The minimum Gasteiger partial charge on any atom is -0.368 e. The number of aromatic amines is 1. The minimum atomic E-state index is -0.255. The molecule has 50 valence electrons. The van der Waals surface area contributed by atoms with E-state index >= 15 is 0 Å². The zero-order valence-electron chi connectivity index (χ0n) is 5.09. The molecule has 0 aliphatic rings. The van der Waals surface area contributed by atoms with E-state index in [0.29, 0.717) is 6.54 Å². The molecule has 5 heteroatoms. The molecule has 0 unspecified atom stereocenters. The van der Waals surface area contributed by atoms with Gasteiger partial charge in [-0.05, 0) is 6.92 Å². The highest BCUT2D eigenvalue weighted by Crippen LogP contribution is 1.86. The average molecular weight is 128 g/mol. The van der Waals surface area contributed by atoms with Crippen LogP contribution < -0.4 is 11.4 Å². The quantitative estimate of drug-likeness (QED) is 0.518. The Morgan fingerprint density at radius 3 is 2.78 bits per heavy atom. The molecular formula is C4H8N4O. The lowest BCUT2D eigenvalue weighted by Crippen LogP contribution is -2.16. The van der Waals surface area contributed by atoms with Gasteiger partial charge in [0.25, 0.3) is 0 Å². The van der Waals surface area contributed by atoms with E-state index in [1.807, 2.05) is 6.92 Å². The maximum absolute atomic E-state index is 10.6. The first-order valence-electron chi connectivity index (χ1n) is 2.66. The number of nitrogens with one attached hydrogen (secondary N) is 1. The second-order valence-corrected chi connectivity index (χ2v) is 1.63. The Morgan fingerprint density at radius 2 is 2.56 bits per heavy atom. The van der Waals surface area contributed by atoms with E-state index in [4.69, 9.17) is 5.73 Å². The number of H-pyrrole nitrogens is 1. The summed E-state index contributed by atoms with van der Waals surface area (Å²) in [4.78, 5) is 10.6. The number of hydrogen-bond donors (Lipinski definition) is 2. The minimum absolute atomic E-state index is 0.238. The van der Waals surface area contributed by atoms with Gasteiger partial charge in [0, 0.05) is 6.54 Å². The highest BCUT2D eigenvalue weighted by atomic mass is 16.1. The molecule has 9 heavy (non-hydrogen) atoms. The number of aromatic nitrogens is 3. The van der Waals surface area contributed by atoms with Crippen molar-refractivity contribution in [3.05, 3.63) is 10.5 Å². The number of nitrogen functional groups attached to an aromatic ring is 1. The second-order valence-electron chi connectivity index (χ2n) is 1.63. The topological polar surface area (TPSA) is 76.7 Å². The van der Waals surface area contributed by atoms with Crippen molar-refractivity contribution in [1.29, 1.82) is 0 Å². The molecule has 0 aliphatic carbocycles. The van der Waals surface area contributed by atoms with Crippen LogP contribution in [-0.4, -0.2) is 14.8 Å². The second kappa shape index (κ2) is 1.93. The van der Waals surface area contributed by atoms with E-state index in [2.05, 4.69) is 10.2 Å². The molecule has 0 atom stereocenters. The largest absolute Gasteiger partial charge is 0.368 e. The first-order valence-corrected chi connectivity index (χ1v) is 2.66. The predicted molar refractivity (Wildman–Crippen MR) is 32.9 cm³/mol. The van der Waals surface area contributed by atoms with Gasteiger partial charge in [-0.15, -0.1) is 5.10 Å². The lowest BCUT2D eigenvalue weighted by Gasteiger charge is -1.91. The molecule has 0 bridgehead atoms. The van der Waals surface area contributed by atoms with E-state index < -0.39 is 0 Å². The summed E-state index contributed by atoms with van der Waals surface area (Å²) in [6, 6.07) is 0. The average Bonchev–Trinajstić information content (AvgIpc) is 2.12. The van der Waals surface area contributed by atoms with Gasteiger partial charge >= 0.3 is 5.69 Å². The van der Waals surface area contributed by atoms with E-state index in [-0.39, 0.29) is 11.6 Å². The van der Waals surface area contributed by atoms with Crippen LogP contribution in [-0.2, 0) is 6.54 Å². The Kier molecular flexibility index (Phi) is 1.26. The van der Waals surface area contributed by atoms with Crippen molar-refractivity contribution in [2.75, 3.05) is 5.73 Å². The Balaban J connectivity index is 3.23. The Labute approximate surface area is 51.5 Å². The van der Waals surface area contributed by atoms with Gasteiger partial charge < -0.3 is 5.73 Å². The monoisotopic (exact) mass is 128 g/mol. The van der Waals surface area contributed by atoms with Crippen molar-refractivity contribution in [3.8, 4) is 0 Å². The van der Waals surface area contributed by atoms with E-state index in [0.717, 1.165) is 0 Å². The summed E-state index contributed by atoms with van der Waals surface area (Å²) in [6.45, 7) is 2.38. The Bertz CT molecular complexity index is 247. The standard InChI is InChI=1S/C4H8N4O/c1-2-8-3(5)6-7-4(8)9/h2H2,1H3,(H2,5,6)(H,7,9). The molecule has 0 spiro atoms. The van der Waals surface area contributed by atoms with Gasteiger partial charge in [-0.2, -0.15) is 0 Å². The summed E-state index contributed by atoms with van der Waals surface area (Å²) in [5.74, 6) is 0.238. The van der Waals surface area contributed by atoms with E-state index in [1.54, 1.807) is 0 Å². The first-order chi connectivity index (χ1) is 4.25. The van der Waals surface area contributed by atoms with Crippen molar-refractivity contribution in [1.82, 2.24) is 14.8 Å². The van der Waals surface area contributed by atoms with Crippen LogP contribution in [0, 0.1) is 0 Å². The molecule has 0 aliphatic heterocycles. The Morgan fingerprint density at radius 1 is 1.89 bits per heavy atom. The summed E-state index contributed by atoms with van der Waals surface area (Å²) >= 11 is 0. The summed E-state index contributed by atoms with van der Waals surface area (Å²) in [5, 5.41) is 5.71. The van der Waals surface area contributed by atoms with E-state index in [1.165, 1.54) is 4.57 Å². The first kappa shape index (κ1) is 5.87. The molecule has 0 amide bonds. The van der Waals surface area contributed by atoms with Crippen LogP contribution in [0.15, 0.2) is 4.79 Å². The van der Waals surface area contributed by atoms with Crippen molar-refractivity contribution in [3.63, 3.8) is 0 Å². The number of nitrogens with two attached hydrogens (primary N) is 1. The van der Waals surface area contributed by atoms with Crippen molar-refractivity contribution in [2.45, 2.75) is 13.5 Å². The third-order valence-electron chi connectivity index (χ3n) is 1.10. The van der Waals surface area contributed by atoms with Crippen LogP contribution in [0.25, 0.3) is 0 Å². The van der Waals surface area contributed by atoms with Crippen molar-refractivity contribution < 1.29 is 0 Å². The number of anilines is 1. The lowest BCUT2D eigenvalue weighted by atomic mass is 10.7. The molecule has 1 aromatic heterocycles. The zero-order chi connectivity index (χ0) is 6.85. The van der Waals surface area contributed by atoms with Crippen LogP contribution in [0.5, 0.6) is 0 Å². The van der Waals surface area contributed by atoms with Crippen LogP contribution in [0.1, 0.15) is 6.92 Å². The number of hydrogen-bond acceptors (Lipinski definition) is 3. The summed E-state index contributed by atoms with van der Waals surface area (Å²) < 4.78 is 1.35. The molecule has 0 saturated carbocycles. The van der Waals surface area contributed by atoms with Crippen LogP contribution in [0.3, 0.4) is 0 Å². The Hall–Kier alpha value is -1.26. The molecule has 3 N–H and O–H groups in total. The molecule has 5 nitrogen and oxygen atoms in total. The van der Waals surface area contributed by atoms with Gasteiger partial charge in [-0.25, -0.2) is 9.89 Å². The molecule has 1 heterocycles. The molecule has 1 rings (SSSR count). The predicted octanol–water partition coefficient (Wildman–Crippen LogP) is -0.827. The van der Waals surface area contributed by atoms with Gasteiger partial charge in [0.2, 0.25) is 5.95 Å². The normalized spacial score (nSPS) is 9.89. The van der Waals surface area contributed by atoms with Gasteiger partial charge in [0.15, 0.2) is 0 Å². The number of rotatable bonds is 1. The van der Waals surface area contributed by atoms with Crippen molar-refractivity contribution >= 4 is 5.95 Å². The lowest BCUT2D eigenvalue weighted by molar-refractivity contribution is 0.739. The SMILES string of the molecule is CCn1c(N)n[nH]c1=O. The summed E-state index contributed by atoms with van der Waals surface area (Å²) in [6.07, 6.45) is 0. The zero-order valence-corrected chi connectivity index (χ0v) is 5.09. The number of nitrogens with zero attached hydrogens (tertiary/aromatic N) is 2. The highest BCUT2D eigenvalue weighted by molar-refractivity contribution is 5.12. The fraction of sp³-hybridized carbons (Fsp3) is 0.500. The third-order valence-corrected chi connectivity index (χ3v) is 1.10. The van der Waals surface area contributed by atoms with Gasteiger partial charge in [-0.3, -0.25) is 4.57 Å². The molecular weight excluding hydrogens is 120 g/mol. The highest BCUT2D eigenvalue weighted by Gasteiger charge is 1.98. The van der Waals surface area contributed by atoms with Gasteiger partial charge in [0.1, 0.15) is 0 Å². The van der Waals surface area contributed by atoms with Crippen molar-refractivity contribution in [2.24, 2.45) is 0 Å². The van der Waals surface area contributed by atoms with E-state index in [9.17, 15) is 4.79 Å². The molecule has 0 saturated heterocycles. The molecule has 1 aromatic rings. The smallest absolute Gasteiger partial charge is 0.344 e. The third kappa shape index (κ3) is 0.802. The van der Waals surface area contributed by atoms with Crippen LogP contribution >= 0.6 is 0 Å².